The van der Waals surface area contributed by atoms with Gasteiger partial charge in [0.2, 0.25) is 0 Å². The van der Waals surface area contributed by atoms with Gasteiger partial charge in [-0.2, -0.15) is 0 Å². The zero-order valence-electron chi connectivity index (χ0n) is 9.45. The standard InChI is InChI=1S/C14H12O4/c15-12-7-2-1-4-9(12)8-10-5-3-6-11(13(10)16)14(17)18/h1-8,13,15-16H,(H,17,18). The first-order chi connectivity index (χ1) is 8.59. The second-order valence-electron chi connectivity index (χ2n) is 3.89. The fourth-order valence-corrected chi connectivity index (χ4v) is 1.73. The maximum atomic E-state index is 10.9. The molecule has 1 atom stereocenters. The first-order valence-electron chi connectivity index (χ1n) is 5.39. The zero-order chi connectivity index (χ0) is 13.1. The Morgan fingerprint density at radius 1 is 1.28 bits per heavy atom. The van der Waals surface area contributed by atoms with Crippen molar-refractivity contribution in [1.29, 1.82) is 0 Å². The molecule has 2 rings (SSSR count). The van der Waals surface area contributed by atoms with Gasteiger partial charge in [-0.3, -0.25) is 0 Å². The third-order valence-electron chi connectivity index (χ3n) is 2.68. The third kappa shape index (κ3) is 2.33. The van der Waals surface area contributed by atoms with E-state index in [-0.39, 0.29) is 11.3 Å². The number of carboxylic acid groups (broad SMARTS) is 1. The highest BCUT2D eigenvalue weighted by molar-refractivity contribution is 5.90. The van der Waals surface area contributed by atoms with Crippen LogP contribution in [0.2, 0.25) is 0 Å². The van der Waals surface area contributed by atoms with E-state index >= 15 is 0 Å². The van der Waals surface area contributed by atoms with E-state index in [9.17, 15) is 15.0 Å². The number of aliphatic carboxylic acids is 1. The van der Waals surface area contributed by atoms with Crippen LogP contribution in [-0.4, -0.2) is 27.4 Å². The van der Waals surface area contributed by atoms with Crippen LogP contribution in [-0.2, 0) is 4.79 Å². The molecule has 18 heavy (non-hydrogen) atoms. The summed E-state index contributed by atoms with van der Waals surface area (Å²) >= 11 is 0. The Morgan fingerprint density at radius 3 is 2.67 bits per heavy atom. The van der Waals surface area contributed by atoms with E-state index in [4.69, 9.17) is 5.11 Å². The van der Waals surface area contributed by atoms with Gasteiger partial charge in [0.25, 0.3) is 0 Å². The van der Waals surface area contributed by atoms with Gasteiger partial charge < -0.3 is 15.3 Å². The van der Waals surface area contributed by atoms with Crippen molar-refractivity contribution in [2.75, 3.05) is 0 Å². The Kier molecular flexibility index (Phi) is 3.30. The first kappa shape index (κ1) is 12.1. The Morgan fingerprint density at radius 2 is 2.00 bits per heavy atom. The van der Waals surface area contributed by atoms with Gasteiger partial charge in [0.1, 0.15) is 11.9 Å². The fourth-order valence-electron chi connectivity index (χ4n) is 1.73. The number of para-hydroxylation sites is 1. The molecule has 1 aromatic carbocycles. The maximum absolute atomic E-state index is 10.9. The smallest absolute Gasteiger partial charge is 0.334 e. The summed E-state index contributed by atoms with van der Waals surface area (Å²) in [6.45, 7) is 0. The van der Waals surface area contributed by atoms with E-state index < -0.39 is 12.1 Å². The highest BCUT2D eigenvalue weighted by atomic mass is 16.4. The van der Waals surface area contributed by atoms with Crippen molar-refractivity contribution < 1.29 is 20.1 Å². The lowest BCUT2D eigenvalue weighted by Gasteiger charge is -2.16. The summed E-state index contributed by atoms with van der Waals surface area (Å²) in [6, 6.07) is 6.65. The van der Waals surface area contributed by atoms with Crippen LogP contribution in [0.15, 0.2) is 53.6 Å². The van der Waals surface area contributed by atoms with E-state index in [1.807, 2.05) is 0 Å². The molecule has 0 saturated heterocycles. The second kappa shape index (κ2) is 4.89. The number of rotatable bonds is 2. The van der Waals surface area contributed by atoms with E-state index in [0.717, 1.165) is 0 Å². The molecule has 0 aliphatic heterocycles. The van der Waals surface area contributed by atoms with Crippen LogP contribution in [0.5, 0.6) is 5.75 Å². The van der Waals surface area contributed by atoms with Crippen LogP contribution in [0, 0.1) is 0 Å². The molecule has 0 bridgehead atoms. The third-order valence-corrected chi connectivity index (χ3v) is 2.68. The van der Waals surface area contributed by atoms with Gasteiger partial charge in [0, 0.05) is 5.56 Å². The molecule has 1 aliphatic rings. The highest BCUT2D eigenvalue weighted by Crippen LogP contribution is 2.25. The molecule has 4 heteroatoms. The van der Waals surface area contributed by atoms with Gasteiger partial charge in [-0.25, -0.2) is 4.79 Å². The summed E-state index contributed by atoms with van der Waals surface area (Å²) in [5, 5.41) is 28.4. The molecule has 0 amide bonds. The fraction of sp³-hybridized carbons (Fsp3) is 0.0714. The Hall–Kier alpha value is -2.33. The average molecular weight is 244 g/mol. The topological polar surface area (TPSA) is 77.8 Å². The molecule has 0 aromatic heterocycles. The minimum Gasteiger partial charge on any atom is -0.507 e. The van der Waals surface area contributed by atoms with Crippen LogP contribution in [0.1, 0.15) is 5.56 Å². The molecule has 1 aromatic rings. The second-order valence-corrected chi connectivity index (χ2v) is 3.89. The number of carbonyl (C=O) groups is 1. The number of benzene rings is 1. The summed E-state index contributed by atoms with van der Waals surface area (Å²) in [5.41, 5.74) is 0.874. The number of aliphatic hydroxyl groups excluding tert-OH is 1. The number of aliphatic hydroxyl groups is 1. The molecule has 1 unspecified atom stereocenters. The zero-order valence-corrected chi connectivity index (χ0v) is 9.45. The number of phenolic OH excluding ortho intramolecular Hbond substituents is 1. The van der Waals surface area contributed by atoms with Crippen LogP contribution < -0.4 is 0 Å². The Bertz CT molecular complexity index is 567. The summed E-state index contributed by atoms with van der Waals surface area (Å²) in [5.74, 6) is -1.08. The van der Waals surface area contributed by atoms with Crippen molar-refractivity contribution >= 4 is 12.0 Å². The minimum atomic E-state index is -1.19. The van der Waals surface area contributed by atoms with Crippen molar-refractivity contribution in [3.63, 3.8) is 0 Å². The highest BCUT2D eigenvalue weighted by Gasteiger charge is 2.22. The first-order valence-corrected chi connectivity index (χ1v) is 5.39. The number of hydrogen-bond donors (Lipinski definition) is 3. The van der Waals surface area contributed by atoms with Crippen molar-refractivity contribution in [2.45, 2.75) is 6.10 Å². The predicted molar refractivity (Wildman–Crippen MR) is 66.9 cm³/mol. The summed E-state index contributed by atoms with van der Waals surface area (Å²) in [4.78, 5) is 10.9. The lowest BCUT2D eigenvalue weighted by Crippen LogP contribution is -2.21. The molecule has 0 heterocycles. The van der Waals surface area contributed by atoms with E-state index in [2.05, 4.69) is 0 Å². The van der Waals surface area contributed by atoms with Gasteiger partial charge in [0.15, 0.2) is 0 Å². The van der Waals surface area contributed by atoms with E-state index in [0.29, 0.717) is 11.1 Å². The number of phenols is 1. The largest absolute Gasteiger partial charge is 0.507 e. The monoisotopic (exact) mass is 244 g/mol. The number of aromatic hydroxyl groups is 1. The molecule has 92 valence electrons. The van der Waals surface area contributed by atoms with Crippen molar-refractivity contribution in [1.82, 2.24) is 0 Å². The number of carboxylic acids is 1. The molecule has 0 fully saturated rings. The van der Waals surface area contributed by atoms with Gasteiger partial charge in [-0.15, -0.1) is 0 Å². The van der Waals surface area contributed by atoms with E-state index in [1.54, 1.807) is 36.4 Å². The lowest BCUT2D eigenvalue weighted by molar-refractivity contribution is -0.133. The SMILES string of the molecule is O=C(O)C1=CC=CC(=Cc2ccccc2O)C1O. The molecule has 1 aliphatic carbocycles. The number of allylic oxidation sites excluding steroid dienone is 2. The molecule has 3 N–H and O–H groups in total. The lowest BCUT2D eigenvalue weighted by atomic mass is 9.94. The minimum absolute atomic E-state index is 0.0806. The van der Waals surface area contributed by atoms with Crippen LogP contribution >= 0.6 is 0 Å². The molecule has 0 saturated carbocycles. The van der Waals surface area contributed by atoms with Crippen LogP contribution in [0.4, 0.5) is 0 Å². The quantitative estimate of drug-likeness (QED) is 0.740. The summed E-state index contributed by atoms with van der Waals surface area (Å²) in [7, 11) is 0. The Labute approximate surface area is 104 Å². The normalized spacial score (nSPS) is 20.8. The van der Waals surface area contributed by atoms with Crippen molar-refractivity contribution in [3.05, 3.63) is 59.2 Å². The number of hydrogen-bond acceptors (Lipinski definition) is 3. The van der Waals surface area contributed by atoms with Gasteiger partial charge in [-0.1, -0.05) is 30.4 Å². The van der Waals surface area contributed by atoms with Crippen LogP contribution in [0.25, 0.3) is 6.08 Å². The maximum Gasteiger partial charge on any atom is 0.334 e. The van der Waals surface area contributed by atoms with Crippen molar-refractivity contribution in [3.8, 4) is 5.75 Å². The molecule has 0 spiro atoms. The van der Waals surface area contributed by atoms with Crippen molar-refractivity contribution in [2.24, 2.45) is 0 Å². The molecular formula is C14H12O4. The predicted octanol–water partition coefficient (Wildman–Crippen LogP) is 1.72. The molecule has 4 nitrogen and oxygen atoms in total. The average Bonchev–Trinajstić information content (AvgIpc) is 2.34. The van der Waals surface area contributed by atoms with E-state index in [1.165, 1.54) is 12.1 Å². The Balaban J connectivity index is 2.37. The van der Waals surface area contributed by atoms with Crippen LogP contribution in [0.3, 0.4) is 0 Å². The molecular weight excluding hydrogens is 232 g/mol. The van der Waals surface area contributed by atoms with Gasteiger partial charge in [-0.05, 0) is 23.8 Å². The van der Waals surface area contributed by atoms with Gasteiger partial charge >= 0.3 is 5.97 Å². The summed E-state index contributed by atoms with van der Waals surface area (Å²) in [6.07, 6.45) is 4.90. The van der Waals surface area contributed by atoms with Gasteiger partial charge in [0.05, 0.1) is 5.57 Å². The summed E-state index contributed by atoms with van der Waals surface area (Å²) < 4.78 is 0. The molecule has 0 radical (unpaired) electrons.